The number of benzene rings is 2. The molecule has 0 saturated heterocycles. The molecular formula is C17H19NOS. The SMILES string of the molecule is CCCCc1ccc(Oc2ccccc2C(N)=S)cc1. The van der Waals surface area contributed by atoms with Crippen LogP contribution in [0.2, 0.25) is 0 Å². The lowest BCUT2D eigenvalue weighted by Crippen LogP contribution is -2.10. The van der Waals surface area contributed by atoms with Crippen LogP contribution in [0.5, 0.6) is 11.5 Å². The summed E-state index contributed by atoms with van der Waals surface area (Å²) < 4.78 is 5.86. The zero-order valence-corrected chi connectivity index (χ0v) is 12.5. The predicted molar refractivity (Wildman–Crippen MR) is 87.5 cm³/mol. The minimum Gasteiger partial charge on any atom is -0.457 e. The van der Waals surface area contributed by atoms with Crippen molar-refractivity contribution in [2.45, 2.75) is 26.2 Å². The monoisotopic (exact) mass is 285 g/mol. The van der Waals surface area contributed by atoms with Crippen LogP contribution in [0, 0.1) is 0 Å². The van der Waals surface area contributed by atoms with Crippen molar-refractivity contribution in [3.05, 3.63) is 59.7 Å². The third-order valence-corrected chi connectivity index (χ3v) is 3.34. The minimum absolute atomic E-state index is 0.347. The van der Waals surface area contributed by atoms with E-state index in [0.29, 0.717) is 10.7 Å². The highest BCUT2D eigenvalue weighted by Crippen LogP contribution is 2.25. The van der Waals surface area contributed by atoms with E-state index >= 15 is 0 Å². The van der Waals surface area contributed by atoms with Crippen molar-refractivity contribution in [2.75, 3.05) is 0 Å². The highest BCUT2D eigenvalue weighted by atomic mass is 32.1. The zero-order chi connectivity index (χ0) is 14.4. The first kappa shape index (κ1) is 14.5. The molecule has 2 aromatic carbocycles. The molecule has 104 valence electrons. The lowest BCUT2D eigenvalue weighted by Gasteiger charge is -2.10. The number of thiocarbonyl (C=S) groups is 1. The van der Waals surface area contributed by atoms with Crippen molar-refractivity contribution in [1.29, 1.82) is 0 Å². The zero-order valence-electron chi connectivity index (χ0n) is 11.6. The Morgan fingerprint density at radius 1 is 1.10 bits per heavy atom. The Bertz CT molecular complexity index is 578. The second kappa shape index (κ2) is 7.06. The lowest BCUT2D eigenvalue weighted by atomic mass is 10.1. The summed E-state index contributed by atoms with van der Waals surface area (Å²) >= 11 is 5.03. The molecule has 0 bridgehead atoms. The topological polar surface area (TPSA) is 35.2 Å². The fraction of sp³-hybridized carbons (Fsp3) is 0.235. The molecule has 0 heterocycles. The fourth-order valence-corrected chi connectivity index (χ4v) is 2.16. The van der Waals surface area contributed by atoms with E-state index in [1.807, 2.05) is 36.4 Å². The van der Waals surface area contributed by atoms with Gasteiger partial charge in [0.15, 0.2) is 0 Å². The van der Waals surface area contributed by atoms with Gasteiger partial charge in [-0.3, -0.25) is 0 Å². The summed E-state index contributed by atoms with van der Waals surface area (Å²) in [4.78, 5) is 0.347. The number of unbranched alkanes of at least 4 members (excludes halogenated alkanes) is 1. The molecule has 2 rings (SSSR count). The first-order chi connectivity index (χ1) is 9.70. The average Bonchev–Trinajstić information content (AvgIpc) is 2.47. The number of rotatable bonds is 6. The van der Waals surface area contributed by atoms with Gasteiger partial charge in [0.25, 0.3) is 0 Å². The van der Waals surface area contributed by atoms with Gasteiger partial charge in [-0.05, 0) is 42.7 Å². The molecular weight excluding hydrogens is 266 g/mol. The Morgan fingerprint density at radius 3 is 2.45 bits per heavy atom. The van der Waals surface area contributed by atoms with Gasteiger partial charge in [-0.15, -0.1) is 0 Å². The minimum atomic E-state index is 0.347. The quantitative estimate of drug-likeness (QED) is 0.796. The number of aryl methyl sites for hydroxylation is 1. The maximum absolute atomic E-state index is 5.86. The normalized spacial score (nSPS) is 10.2. The highest BCUT2D eigenvalue weighted by molar-refractivity contribution is 7.80. The molecule has 0 saturated carbocycles. The molecule has 2 N–H and O–H groups in total. The van der Waals surface area contributed by atoms with Gasteiger partial charge >= 0.3 is 0 Å². The molecule has 20 heavy (non-hydrogen) atoms. The van der Waals surface area contributed by atoms with E-state index in [0.717, 1.165) is 17.7 Å². The number of hydrogen-bond donors (Lipinski definition) is 1. The van der Waals surface area contributed by atoms with Gasteiger partial charge in [-0.25, -0.2) is 0 Å². The summed E-state index contributed by atoms with van der Waals surface area (Å²) in [7, 11) is 0. The summed E-state index contributed by atoms with van der Waals surface area (Å²) in [5, 5.41) is 0. The summed E-state index contributed by atoms with van der Waals surface area (Å²) in [6, 6.07) is 15.7. The molecule has 0 aliphatic heterocycles. The van der Waals surface area contributed by atoms with Gasteiger partial charge in [0.1, 0.15) is 16.5 Å². The standard InChI is InChI=1S/C17H19NOS/c1-2-3-6-13-9-11-14(12-10-13)19-16-8-5-4-7-15(16)17(18)20/h4-5,7-12H,2-3,6H2,1H3,(H2,18,20). The van der Waals surface area contributed by atoms with Crippen molar-refractivity contribution in [3.63, 3.8) is 0 Å². The van der Waals surface area contributed by atoms with Crippen molar-refractivity contribution in [3.8, 4) is 11.5 Å². The van der Waals surface area contributed by atoms with Crippen LogP contribution in [0.25, 0.3) is 0 Å². The third-order valence-electron chi connectivity index (χ3n) is 3.12. The molecule has 0 aromatic heterocycles. The summed E-state index contributed by atoms with van der Waals surface area (Å²) in [5.41, 5.74) is 7.80. The van der Waals surface area contributed by atoms with Crippen LogP contribution in [0.4, 0.5) is 0 Å². The summed E-state index contributed by atoms with van der Waals surface area (Å²) in [5.74, 6) is 1.50. The smallest absolute Gasteiger partial charge is 0.137 e. The van der Waals surface area contributed by atoms with Crippen molar-refractivity contribution < 1.29 is 4.74 Å². The lowest BCUT2D eigenvalue weighted by molar-refractivity contribution is 0.481. The van der Waals surface area contributed by atoms with E-state index < -0.39 is 0 Å². The first-order valence-electron chi connectivity index (χ1n) is 6.86. The Kier molecular flexibility index (Phi) is 5.13. The molecule has 0 spiro atoms. The largest absolute Gasteiger partial charge is 0.457 e. The van der Waals surface area contributed by atoms with Crippen molar-refractivity contribution in [2.24, 2.45) is 5.73 Å². The molecule has 0 unspecified atom stereocenters. The van der Waals surface area contributed by atoms with E-state index in [4.69, 9.17) is 22.7 Å². The molecule has 2 aromatic rings. The van der Waals surface area contributed by atoms with E-state index in [9.17, 15) is 0 Å². The van der Waals surface area contributed by atoms with E-state index in [2.05, 4.69) is 19.1 Å². The molecule has 0 amide bonds. The molecule has 2 nitrogen and oxygen atoms in total. The number of ether oxygens (including phenoxy) is 1. The van der Waals surface area contributed by atoms with E-state index in [1.54, 1.807) is 0 Å². The van der Waals surface area contributed by atoms with Gasteiger partial charge in [-0.1, -0.05) is 49.8 Å². The second-order valence-electron chi connectivity index (χ2n) is 4.71. The molecule has 3 heteroatoms. The number of hydrogen-bond acceptors (Lipinski definition) is 2. The van der Waals surface area contributed by atoms with E-state index in [1.165, 1.54) is 18.4 Å². The Labute approximate surface area is 125 Å². The first-order valence-corrected chi connectivity index (χ1v) is 7.27. The maximum atomic E-state index is 5.86. The molecule has 0 aliphatic carbocycles. The van der Waals surface area contributed by atoms with Crippen LogP contribution in [-0.2, 0) is 6.42 Å². The second-order valence-corrected chi connectivity index (χ2v) is 5.15. The van der Waals surface area contributed by atoms with Crippen LogP contribution in [0.3, 0.4) is 0 Å². The average molecular weight is 285 g/mol. The van der Waals surface area contributed by atoms with Gasteiger partial charge in [-0.2, -0.15) is 0 Å². The van der Waals surface area contributed by atoms with Gasteiger partial charge in [0.05, 0.1) is 5.56 Å². The van der Waals surface area contributed by atoms with Crippen LogP contribution >= 0.6 is 12.2 Å². The predicted octanol–water partition coefficient (Wildman–Crippen LogP) is 4.46. The molecule has 0 aliphatic rings. The Morgan fingerprint density at radius 2 is 1.80 bits per heavy atom. The third kappa shape index (κ3) is 3.81. The fourth-order valence-electron chi connectivity index (χ4n) is 1.99. The Hall–Kier alpha value is -1.87. The molecule has 0 fully saturated rings. The van der Waals surface area contributed by atoms with Crippen molar-refractivity contribution >= 4 is 17.2 Å². The van der Waals surface area contributed by atoms with E-state index in [-0.39, 0.29) is 0 Å². The van der Waals surface area contributed by atoms with Crippen molar-refractivity contribution in [1.82, 2.24) is 0 Å². The number of nitrogens with two attached hydrogens (primary N) is 1. The summed E-state index contributed by atoms with van der Waals surface area (Å²) in [6.45, 7) is 2.20. The summed E-state index contributed by atoms with van der Waals surface area (Å²) in [6.07, 6.45) is 3.53. The van der Waals surface area contributed by atoms with Crippen LogP contribution in [-0.4, -0.2) is 4.99 Å². The maximum Gasteiger partial charge on any atom is 0.137 e. The molecule has 0 radical (unpaired) electrons. The van der Waals surface area contributed by atoms with Gasteiger partial charge in [0, 0.05) is 0 Å². The number of para-hydroxylation sites is 1. The van der Waals surface area contributed by atoms with Gasteiger partial charge in [0.2, 0.25) is 0 Å². The Balaban J connectivity index is 2.12. The van der Waals surface area contributed by atoms with Crippen LogP contribution in [0.15, 0.2) is 48.5 Å². The van der Waals surface area contributed by atoms with Gasteiger partial charge < -0.3 is 10.5 Å². The van der Waals surface area contributed by atoms with Crippen LogP contribution in [0.1, 0.15) is 30.9 Å². The highest BCUT2D eigenvalue weighted by Gasteiger charge is 2.06. The molecule has 0 atom stereocenters. The van der Waals surface area contributed by atoms with Crippen LogP contribution < -0.4 is 10.5 Å².